The van der Waals surface area contributed by atoms with Crippen LogP contribution in [0.15, 0.2) is 18.2 Å². The molecule has 0 spiro atoms. The van der Waals surface area contributed by atoms with Crippen molar-refractivity contribution >= 4 is 5.91 Å². The van der Waals surface area contributed by atoms with Crippen LogP contribution >= 0.6 is 0 Å². The van der Waals surface area contributed by atoms with Gasteiger partial charge in [0.1, 0.15) is 11.5 Å². The molecule has 1 saturated heterocycles. The molecule has 2 rings (SSSR count). The third-order valence-electron chi connectivity index (χ3n) is 3.83. The quantitative estimate of drug-likeness (QED) is 0.827. The van der Waals surface area contributed by atoms with Gasteiger partial charge in [-0.2, -0.15) is 0 Å². The highest BCUT2D eigenvalue weighted by molar-refractivity contribution is 5.83. The average molecular weight is 294 g/mol. The Labute approximate surface area is 124 Å². The first-order valence-electron chi connectivity index (χ1n) is 6.93. The number of piperidine rings is 1. The lowest BCUT2D eigenvalue weighted by Crippen LogP contribution is -2.55. The van der Waals surface area contributed by atoms with Crippen LogP contribution < -0.4 is 15.2 Å². The number of nitrogens with two attached hydrogens (primary N) is 1. The van der Waals surface area contributed by atoms with Crippen LogP contribution in [0.1, 0.15) is 18.4 Å². The van der Waals surface area contributed by atoms with Crippen molar-refractivity contribution < 1.29 is 19.4 Å². The minimum Gasteiger partial charge on any atom is -0.497 e. The van der Waals surface area contributed by atoms with E-state index in [-0.39, 0.29) is 6.54 Å². The Kier molecular flexibility index (Phi) is 4.69. The number of carbonyl (C=O) groups is 1. The molecule has 0 aliphatic carbocycles. The lowest BCUT2D eigenvalue weighted by atomic mass is 9.92. The molecule has 1 amide bonds. The molecule has 1 aromatic rings. The van der Waals surface area contributed by atoms with Gasteiger partial charge in [-0.1, -0.05) is 0 Å². The van der Waals surface area contributed by atoms with E-state index in [0.717, 1.165) is 18.5 Å². The number of hydrogen-bond acceptors (Lipinski definition) is 5. The molecular formula is C15H22N2O4. The SMILES string of the molecule is COc1cc(CN2CCCC(O)(C(N)=O)C2)cc(OC)c1. The number of carbonyl (C=O) groups excluding carboxylic acids is 1. The Morgan fingerprint density at radius 2 is 1.95 bits per heavy atom. The van der Waals surface area contributed by atoms with Gasteiger partial charge in [-0.05, 0) is 37.1 Å². The molecule has 1 aliphatic rings. The van der Waals surface area contributed by atoms with Gasteiger partial charge in [0.15, 0.2) is 5.60 Å². The maximum absolute atomic E-state index is 11.4. The molecule has 0 saturated carbocycles. The third-order valence-corrected chi connectivity index (χ3v) is 3.83. The zero-order valence-electron chi connectivity index (χ0n) is 12.5. The first-order valence-corrected chi connectivity index (χ1v) is 6.93. The van der Waals surface area contributed by atoms with Crippen LogP contribution in [-0.2, 0) is 11.3 Å². The second-order valence-corrected chi connectivity index (χ2v) is 5.43. The Morgan fingerprint density at radius 3 is 2.48 bits per heavy atom. The Balaban J connectivity index is 2.12. The van der Waals surface area contributed by atoms with Gasteiger partial charge < -0.3 is 20.3 Å². The van der Waals surface area contributed by atoms with Crippen LogP contribution in [0.25, 0.3) is 0 Å². The lowest BCUT2D eigenvalue weighted by Gasteiger charge is -2.37. The summed E-state index contributed by atoms with van der Waals surface area (Å²) in [4.78, 5) is 13.4. The van der Waals surface area contributed by atoms with Crippen molar-refractivity contribution in [3.8, 4) is 11.5 Å². The van der Waals surface area contributed by atoms with Gasteiger partial charge in [-0.15, -0.1) is 0 Å². The van der Waals surface area contributed by atoms with Crippen LogP contribution in [0.4, 0.5) is 0 Å². The molecule has 1 fully saturated rings. The molecule has 21 heavy (non-hydrogen) atoms. The van der Waals surface area contributed by atoms with Gasteiger partial charge >= 0.3 is 0 Å². The van der Waals surface area contributed by atoms with Crippen molar-refractivity contribution in [1.29, 1.82) is 0 Å². The zero-order chi connectivity index (χ0) is 15.5. The van der Waals surface area contributed by atoms with Gasteiger partial charge in [0.2, 0.25) is 0 Å². The van der Waals surface area contributed by atoms with Crippen molar-refractivity contribution in [3.63, 3.8) is 0 Å². The van der Waals surface area contributed by atoms with Crippen LogP contribution in [0.3, 0.4) is 0 Å². The fraction of sp³-hybridized carbons (Fsp3) is 0.533. The van der Waals surface area contributed by atoms with E-state index in [1.54, 1.807) is 20.3 Å². The molecule has 1 heterocycles. The monoisotopic (exact) mass is 294 g/mol. The maximum Gasteiger partial charge on any atom is 0.250 e. The molecule has 3 N–H and O–H groups in total. The number of primary amides is 1. The van der Waals surface area contributed by atoms with E-state index in [4.69, 9.17) is 15.2 Å². The molecule has 6 nitrogen and oxygen atoms in total. The lowest BCUT2D eigenvalue weighted by molar-refractivity contribution is -0.142. The number of hydrogen-bond donors (Lipinski definition) is 2. The van der Waals surface area contributed by atoms with Crippen molar-refractivity contribution in [2.24, 2.45) is 5.73 Å². The molecule has 1 aliphatic heterocycles. The van der Waals surface area contributed by atoms with Crippen LogP contribution in [0.5, 0.6) is 11.5 Å². The van der Waals surface area contributed by atoms with Gasteiger partial charge in [-0.25, -0.2) is 0 Å². The number of likely N-dealkylation sites (tertiary alicyclic amines) is 1. The number of β-amino-alcohol motifs (C(OH)–C–C–N with tert-alkyl or cyclic N) is 1. The average Bonchev–Trinajstić information content (AvgIpc) is 2.46. The molecular weight excluding hydrogens is 272 g/mol. The van der Waals surface area contributed by atoms with E-state index >= 15 is 0 Å². The summed E-state index contributed by atoms with van der Waals surface area (Å²) in [6, 6.07) is 5.64. The van der Waals surface area contributed by atoms with Gasteiger partial charge in [0.05, 0.1) is 14.2 Å². The highest BCUT2D eigenvalue weighted by Gasteiger charge is 2.38. The molecule has 0 bridgehead atoms. The van der Waals surface area contributed by atoms with Crippen molar-refractivity contribution in [1.82, 2.24) is 4.90 Å². The molecule has 0 radical (unpaired) electrons. The maximum atomic E-state index is 11.4. The number of amides is 1. The summed E-state index contributed by atoms with van der Waals surface area (Å²) >= 11 is 0. The Hall–Kier alpha value is -1.79. The molecule has 6 heteroatoms. The van der Waals surface area contributed by atoms with Gasteiger partial charge in [0, 0.05) is 19.2 Å². The first kappa shape index (κ1) is 15.6. The Morgan fingerprint density at radius 1 is 1.33 bits per heavy atom. The number of nitrogens with zero attached hydrogens (tertiary/aromatic N) is 1. The van der Waals surface area contributed by atoms with E-state index in [0.29, 0.717) is 24.5 Å². The first-order chi connectivity index (χ1) is 9.96. The molecule has 1 aromatic carbocycles. The second kappa shape index (κ2) is 6.32. The highest BCUT2D eigenvalue weighted by Crippen LogP contribution is 2.26. The van der Waals surface area contributed by atoms with E-state index in [2.05, 4.69) is 0 Å². The topological polar surface area (TPSA) is 85.0 Å². The molecule has 1 unspecified atom stereocenters. The normalized spacial score (nSPS) is 22.8. The van der Waals surface area contributed by atoms with Crippen LogP contribution in [0.2, 0.25) is 0 Å². The summed E-state index contributed by atoms with van der Waals surface area (Å²) in [6.07, 6.45) is 1.15. The third kappa shape index (κ3) is 3.65. The predicted molar refractivity (Wildman–Crippen MR) is 78.2 cm³/mol. The zero-order valence-corrected chi connectivity index (χ0v) is 12.5. The second-order valence-electron chi connectivity index (χ2n) is 5.43. The summed E-state index contributed by atoms with van der Waals surface area (Å²) < 4.78 is 10.5. The number of methoxy groups -OCH3 is 2. The highest BCUT2D eigenvalue weighted by atomic mass is 16.5. The minimum absolute atomic E-state index is 0.252. The molecule has 0 aromatic heterocycles. The van der Waals surface area contributed by atoms with E-state index in [1.165, 1.54) is 0 Å². The van der Waals surface area contributed by atoms with Crippen molar-refractivity contribution in [2.45, 2.75) is 25.0 Å². The minimum atomic E-state index is -1.43. The van der Waals surface area contributed by atoms with E-state index in [9.17, 15) is 9.90 Å². The number of benzene rings is 1. The fourth-order valence-electron chi connectivity index (χ4n) is 2.68. The summed E-state index contributed by atoms with van der Waals surface area (Å²) in [5.74, 6) is 0.772. The predicted octanol–water partition coefficient (Wildman–Crippen LogP) is 0.516. The van der Waals surface area contributed by atoms with E-state index < -0.39 is 11.5 Å². The number of ether oxygens (including phenoxy) is 2. The van der Waals surface area contributed by atoms with Crippen LogP contribution in [0, 0.1) is 0 Å². The largest absolute Gasteiger partial charge is 0.497 e. The fourth-order valence-corrected chi connectivity index (χ4v) is 2.68. The van der Waals surface area contributed by atoms with Crippen molar-refractivity contribution in [2.75, 3.05) is 27.3 Å². The number of rotatable bonds is 5. The van der Waals surface area contributed by atoms with Crippen LogP contribution in [-0.4, -0.2) is 48.8 Å². The summed E-state index contributed by atoms with van der Waals surface area (Å²) in [7, 11) is 3.20. The summed E-state index contributed by atoms with van der Waals surface area (Å²) in [5.41, 5.74) is 4.86. The standard InChI is InChI=1S/C15H22N2O4/c1-20-12-6-11(7-13(8-12)21-2)9-17-5-3-4-15(19,10-17)14(16)18/h6-8,19H,3-5,9-10H2,1-2H3,(H2,16,18). The van der Waals surface area contributed by atoms with Gasteiger partial charge in [-0.3, -0.25) is 9.69 Å². The van der Waals surface area contributed by atoms with Crippen molar-refractivity contribution in [3.05, 3.63) is 23.8 Å². The Bertz CT molecular complexity index is 498. The smallest absolute Gasteiger partial charge is 0.250 e. The summed E-state index contributed by atoms with van der Waals surface area (Å²) in [5, 5.41) is 10.2. The molecule has 1 atom stereocenters. The summed E-state index contributed by atoms with van der Waals surface area (Å²) in [6.45, 7) is 1.67. The molecule has 116 valence electrons. The van der Waals surface area contributed by atoms with E-state index in [1.807, 2.05) is 17.0 Å². The van der Waals surface area contributed by atoms with Gasteiger partial charge in [0.25, 0.3) is 5.91 Å². The number of aliphatic hydroxyl groups is 1.